The van der Waals surface area contributed by atoms with Gasteiger partial charge in [0.15, 0.2) is 5.78 Å². The Balaban J connectivity index is 1.62. The SMILES string of the molecule is C[C@](N)(Cc1ccccc1)c1nnc(C2CCC(=O)c3ccccc32)o1. The van der Waals surface area contributed by atoms with Crippen molar-refractivity contribution in [2.45, 2.75) is 37.6 Å². The first-order valence-corrected chi connectivity index (χ1v) is 8.83. The maximum absolute atomic E-state index is 12.1. The van der Waals surface area contributed by atoms with Crippen LogP contribution in [0.4, 0.5) is 0 Å². The monoisotopic (exact) mass is 347 g/mol. The number of Topliss-reactive ketones (excluding diaryl/α,β-unsaturated/α-hetero) is 1. The standard InChI is InChI=1S/C21H21N3O2/c1-21(22,13-14-7-3-2-4-8-14)20-24-23-19(26-20)17-11-12-18(25)16-10-6-5-9-15(16)17/h2-10,17H,11-13,22H2,1H3/t17?,21-/m0/s1. The quantitative estimate of drug-likeness (QED) is 0.780. The van der Waals surface area contributed by atoms with Gasteiger partial charge in [-0.3, -0.25) is 4.79 Å². The number of hydrogen-bond acceptors (Lipinski definition) is 5. The van der Waals surface area contributed by atoms with Crippen LogP contribution < -0.4 is 5.73 Å². The van der Waals surface area contributed by atoms with Gasteiger partial charge in [-0.2, -0.15) is 0 Å². The molecule has 3 aromatic rings. The summed E-state index contributed by atoms with van der Waals surface area (Å²) in [4.78, 5) is 12.1. The van der Waals surface area contributed by atoms with Crippen molar-refractivity contribution >= 4 is 5.78 Å². The average Bonchev–Trinajstić information content (AvgIpc) is 3.14. The van der Waals surface area contributed by atoms with Crippen LogP contribution in [0.15, 0.2) is 59.0 Å². The van der Waals surface area contributed by atoms with Gasteiger partial charge in [0, 0.05) is 12.0 Å². The van der Waals surface area contributed by atoms with E-state index in [1.54, 1.807) is 0 Å². The second kappa shape index (κ2) is 6.50. The minimum absolute atomic E-state index is 0.0577. The second-order valence-electron chi connectivity index (χ2n) is 7.13. The summed E-state index contributed by atoms with van der Waals surface area (Å²) in [6.07, 6.45) is 1.77. The van der Waals surface area contributed by atoms with E-state index in [2.05, 4.69) is 10.2 Å². The topological polar surface area (TPSA) is 82.0 Å². The van der Waals surface area contributed by atoms with Gasteiger partial charge < -0.3 is 10.2 Å². The van der Waals surface area contributed by atoms with Gasteiger partial charge in [0.1, 0.15) is 0 Å². The lowest BCUT2D eigenvalue weighted by molar-refractivity contribution is 0.0967. The maximum atomic E-state index is 12.1. The van der Waals surface area contributed by atoms with Crippen molar-refractivity contribution in [2.75, 3.05) is 0 Å². The Labute approximate surface area is 152 Å². The number of benzene rings is 2. The van der Waals surface area contributed by atoms with Gasteiger partial charge in [-0.05, 0) is 30.9 Å². The van der Waals surface area contributed by atoms with Crippen molar-refractivity contribution in [3.63, 3.8) is 0 Å². The number of rotatable bonds is 4. The Bertz CT molecular complexity index is 931. The molecular formula is C21H21N3O2. The van der Waals surface area contributed by atoms with Crippen LogP contribution in [0.1, 0.15) is 58.9 Å². The van der Waals surface area contributed by atoms with Crippen molar-refractivity contribution in [2.24, 2.45) is 5.73 Å². The Morgan fingerprint density at radius 2 is 1.85 bits per heavy atom. The van der Waals surface area contributed by atoms with E-state index in [1.807, 2.05) is 61.5 Å². The normalized spacial score (nSPS) is 19.0. The zero-order valence-electron chi connectivity index (χ0n) is 14.7. The Hall–Kier alpha value is -2.79. The van der Waals surface area contributed by atoms with Gasteiger partial charge in [0.25, 0.3) is 0 Å². The van der Waals surface area contributed by atoms with E-state index in [0.717, 1.165) is 16.7 Å². The third-order valence-electron chi connectivity index (χ3n) is 4.94. The molecule has 26 heavy (non-hydrogen) atoms. The molecule has 0 saturated carbocycles. The average molecular weight is 347 g/mol. The fraction of sp³-hybridized carbons (Fsp3) is 0.286. The predicted molar refractivity (Wildman–Crippen MR) is 97.8 cm³/mol. The fourth-order valence-corrected chi connectivity index (χ4v) is 3.58. The van der Waals surface area contributed by atoms with Gasteiger partial charge >= 0.3 is 0 Å². The molecule has 4 rings (SSSR count). The largest absolute Gasteiger partial charge is 0.423 e. The van der Waals surface area contributed by atoms with Crippen molar-refractivity contribution in [1.29, 1.82) is 0 Å². The lowest BCUT2D eigenvalue weighted by Crippen LogP contribution is -2.35. The molecule has 0 aliphatic heterocycles. The van der Waals surface area contributed by atoms with Gasteiger partial charge in [-0.1, -0.05) is 54.6 Å². The van der Waals surface area contributed by atoms with Crippen molar-refractivity contribution in [3.05, 3.63) is 83.1 Å². The molecule has 2 aromatic carbocycles. The first kappa shape index (κ1) is 16.7. The summed E-state index contributed by atoms with van der Waals surface area (Å²) in [5, 5.41) is 8.49. The number of carbonyl (C=O) groups excluding carboxylic acids is 1. The summed E-state index contributed by atoms with van der Waals surface area (Å²) >= 11 is 0. The number of carbonyl (C=O) groups is 1. The molecule has 5 heteroatoms. The third-order valence-corrected chi connectivity index (χ3v) is 4.94. The molecule has 1 aliphatic rings. The summed E-state index contributed by atoms with van der Waals surface area (Å²) in [6, 6.07) is 17.7. The van der Waals surface area contributed by atoms with Crippen LogP contribution in [0.25, 0.3) is 0 Å². The molecule has 2 N–H and O–H groups in total. The highest BCUT2D eigenvalue weighted by molar-refractivity contribution is 5.98. The second-order valence-corrected chi connectivity index (χ2v) is 7.13. The highest BCUT2D eigenvalue weighted by Crippen LogP contribution is 2.36. The zero-order chi connectivity index (χ0) is 18.1. The summed E-state index contributed by atoms with van der Waals surface area (Å²) in [7, 11) is 0. The summed E-state index contributed by atoms with van der Waals surface area (Å²) in [5.74, 6) is 1.07. The van der Waals surface area contributed by atoms with Crippen LogP contribution in [-0.4, -0.2) is 16.0 Å². The lowest BCUT2D eigenvalue weighted by atomic mass is 9.82. The van der Waals surface area contributed by atoms with Gasteiger partial charge in [-0.15, -0.1) is 10.2 Å². The predicted octanol–water partition coefficient (Wildman–Crippen LogP) is 3.59. The molecule has 0 radical (unpaired) electrons. The minimum atomic E-state index is -0.753. The molecule has 0 bridgehead atoms. The van der Waals surface area contributed by atoms with Crippen LogP contribution in [0, 0.1) is 0 Å². The van der Waals surface area contributed by atoms with Crippen molar-refractivity contribution in [1.82, 2.24) is 10.2 Å². The van der Waals surface area contributed by atoms with E-state index in [1.165, 1.54) is 0 Å². The van der Waals surface area contributed by atoms with Crippen LogP contribution in [0.3, 0.4) is 0 Å². The molecule has 132 valence electrons. The van der Waals surface area contributed by atoms with Crippen molar-refractivity contribution in [3.8, 4) is 0 Å². The molecule has 5 nitrogen and oxygen atoms in total. The Morgan fingerprint density at radius 1 is 1.12 bits per heavy atom. The van der Waals surface area contributed by atoms with Crippen LogP contribution in [0.5, 0.6) is 0 Å². The lowest BCUT2D eigenvalue weighted by Gasteiger charge is -2.22. The summed E-state index contributed by atoms with van der Waals surface area (Å²) in [5.41, 5.74) is 8.55. The maximum Gasteiger partial charge on any atom is 0.236 e. The molecular weight excluding hydrogens is 326 g/mol. The van der Waals surface area contributed by atoms with Gasteiger partial charge in [0.05, 0.1) is 11.5 Å². The van der Waals surface area contributed by atoms with E-state index in [0.29, 0.717) is 31.0 Å². The number of fused-ring (bicyclic) bond motifs is 1. The first-order valence-electron chi connectivity index (χ1n) is 8.83. The molecule has 1 heterocycles. The van der Waals surface area contributed by atoms with Crippen molar-refractivity contribution < 1.29 is 9.21 Å². The molecule has 0 spiro atoms. The molecule has 0 amide bonds. The summed E-state index contributed by atoms with van der Waals surface area (Å²) < 4.78 is 5.99. The van der Waals surface area contributed by atoms with Crippen LogP contribution in [-0.2, 0) is 12.0 Å². The number of nitrogens with two attached hydrogens (primary N) is 1. The number of hydrogen-bond donors (Lipinski definition) is 1. The van der Waals surface area contributed by atoms with Gasteiger partial charge in [0.2, 0.25) is 11.8 Å². The molecule has 1 aliphatic carbocycles. The van der Waals surface area contributed by atoms with Crippen LogP contribution >= 0.6 is 0 Å². The molecule has 0 saturated heterocycles. The molecule has 2 atom stereocenters. The van der Waals surface area contributed by atoms with Crippen LogP contribution in [0.2, 0.25) is 0 Å². The zero-order valence-corrected chi connectivity index (χ0v) is 14.7. The number of ketones is 1. The number of nitrogens with zero attached hydrogens (tertiary/aromatic N) is 2. The minimum Gasteiger partial charge on any atom is -0.423 e. The summed E-state index contributed by atoms with van der Waals surface area (Å²) in [6.45, 7) is 1.90. The Morgan fingerprint density at radius 3 is 2.65 bits per heavy atom. The number of aromatic nitrogens is 2. The first-order chi connectivity index (χ1) is 12.5. The molecule has 1 unspecified atom stereocenters. The molecule has 1 aromatic heterocycles. The van der Waals surface area contributed by atoms with Gasteiger partial charge in [-0.25, -0.2) is 0 Å². The third kappa shape index (κ3) is 3.06. The van der Waals surface area contributed by atoms with E-state index in [9.17, 15) is 4.79 Å². The van der Waals surface area contributed by atoms with E-state index in [-0.39, 0.29) is 11.7 Å². The van der Waals surface area contributed by atoms with E-state index < -0.39 is 5.54 Å². The molecule has 0 fully saturated rings. The van der Waals surface area contributed by atoms with E-state index in [4.69, 9.17) is 10.2 Å². The highest BCUT2D eigenvalue weighted by atomic mass is 16.4. The fourth-order valence-electron chi connectivity index (χ4n) is 3.58. The van der Waals surface area contributed by atoms with E-state index >= 15 is 0 Å². The highest BCUT2D eigenvalue weighted by Gasteiger charge is 2.33. The smallest absolute Gasteiger partial charge is 0.236 e. The Kier molecular flexibility index (Phi) is 4.17.